The lowest BCUT2D eigenvalue weighted by Crippen LogP contribution is -2.38. The predicted molar refractivity (Wildman–Crippen MR) is 84.6 cm³/mol. The predicted octanol–water partition coefficient (Wildman–Crippen LogP) is 2.75. The summed E-state index contributed by atoms with van der Waals surface area (Å²) in [4.78, 5) is 23.0. The molecule has 0 unspecified atom stereocenters. The van der Waals surface area contributed by atoms with E-state index in [0.29, 0.717) is 5.92 Å². The van der Waals surface area contributed by atoms with E-state index in [1.807, 2.05) is 42.5 Å². The third-order valence-electron chi connectivity index (χ3n) is 4.11. The normalized spacial score (nSPS) is 15.5. The first-order chi connectivity index (χ1) is 10.6. The van der Waals surface area contributed by atoms with E-state index >= 15 is 0 Å². The lowest BCUT2D eigenvalue weighted by molar-refractivity contribution is -0.137. The van der Waals surface area contributed by atoms with E-state index in [-0.39, 0.29) is 24.8 Å². The number of carbonyl (C=O) groups excluding carboxylic acids is 1. The van der Waals surface area contributed by atoms with Gasteiger partial charge < -0.3 is 10.4 Å². The van der Waals surface area contributed by atoms with Gasteiger partial charge in [0, 0.05) is 6.04 Å². The number of hydrogen-bond acceptors (Lipinski definition) is 2. The van der Waals surface area contributed by atoms with E-state index in [1.54, 1.807) is 0 Å². The zero-order valence-electron chi connectivity index (χ0n) is 12.3. The zero-order valence-corrected chi connectivity index (χ0v) is 12.3. The molecule has 22 heavy (non-hydrogen) atoms. The fourth-order valence-corrected chi connectivity index (χ4v) is 2.81. The average Bonchev–Trinajstić information content (AvgIpc) is 3.30. The highest BCUT2D eigenvalue weighted by Crippen LogP contribution is 2.34. The van der Waals surface area contributed by atoms with Gasteiger partial charge in [-0.3, -0.25) is 9.59 Å². The van der Waals surface area contributed by atoms with Gasteiger partial charge in [-0.2, -0.15) is 0 Å². The highest BCUT2D eigenvalue weighted by Gasteiger charge is 2.33. The molecule has 1 atom stereocenters. The highest BCUT2D eigenvalue weighted by atomic mass is 16.4. The number of fused-ring (bicyclic) bond motifs is 1. The number of benzene rings is 2. The Morgan fingerprint density at radius 3 is 2.55 bits per heavy atom. The zero-order chi connectivity index (χ0) is 15.5. The smallest absolute Gasteiger partial charge is 0.305 e. The van der Waals surface area contributed by atoms with Crippen molar-refractivity contribution in [3.8, 4) is 0 Å². The fraction of sp³-hybridized carbons (Fsp3) is 0.333. The summed E-state index contributed by atoms with van der Waals surface area (Å²) in [5.74, 6) is -0.631. The Kier molecular flexibility index (Phi) is 4.09. The van der Waals surface area contributed by atoms with Gasteiger partial charge in [-0.05, 0) is 35.1 Å². The summed E-state index contributed by atoms with van der Waals surface area (Å²) in [6, 6.07) is 13.8. The summed E-state index contributed by atoms with van der Waals surface area (Å²) >= 11 is 0. The third-order valence-corrected chi connectivity index (χ3v) is 4.11. The number of aliphatic carboxylic acids is 1. The standard InChI is InChI=1S/C18H19NO3/c20-17(19-16(11-18(21)22)14-7-8-14)10-12-5-6-13-3-1-2-4-15(13)9-12/h1-6,9,14,16H,7-8,10-11H2,(H,19,20)(H,21,22)/t16-/m1/s1. The molecule has 1 aliphatic rings. The molecule has 4 heteroatoms. The molecule has 2 N–H and O–H groups in total. The van der Waals surface area contributed by atoms with Crippen LogP contribution in [0, 0.1) is 5.92 Å². The quantitative estimate of drug-likeness (QED) is 0.861. The highest BCUT2D eigenvalue weighted by molar-refractivity contribution is 5.85. The molecule has 0 aromatic heterocycles. The van der Waals surface area contributed by atoms with Crippen LogP contribution in [0.3, 0.4) is 0 Å². The van der Waals surface area contributed by atoms with Gasteiger partial charge in [0.1, 0.15) is 0 Å². The second-order valence-electron chi connectivity index (χ2n) is 5.97. The van der Waals surface area contributed by atoms with Crippen molar-refractivity contribution in [1.82, 2.24) is 5.32 Å². The van der Waals surface area contributed by atoms with Gasteiger partial charge in [0.2, 0.25) is 5.91 Å². The van der Waals surface area contributed by atoms with E-state index in [1.165, 1.54) is 0 Å². The van der Waals surface area contributed by atoms with Crippen molar-refractivity contribution >= 4 is 22.6 Å². The van der Waals surface area contributed by atoms with Crippen LogP contribution in [0.1, 0.15) is 24.8 Å². The summed E-state index contributed by atoms with van der Waals surface area (Å²) in [5.41, 5.74) is 0.945. The molecule has 0 radical (unpaired) electrons. The summed E-state index contributed by atoms with van der Waals surface area (Å²) in [6.45, 7) is 0. The largest absolute Gasteiger partial charge is 0.481 e. The van der Waals surface area contributed by atoms with Crippen molar-refractivity contribution in [2.75, 3.05) is 0 Å². The molecule has 3 rings (SSSR count). The molecule has 2 aromatic rings. The molecule has 0 bridgehead atoms. The molecule has 1 aliphatic carbocycles. The number of nitrogens with one attached hydrogen (secondary N) is 1. The Morgan fingerprint density at radius 2 is 1.86 bits per heavy atom. The minimum Gasteiger partial charge on any atom is -0.481 e. The fourth-order valence-electron chi connectivity index (χ4n) is 2.81. The van der Waals surface area contributed by atoms with Gasteiger partial charge in [0.05, 0.1) is 12.8 Å². The monoisotopic (exact) mass is 297 g/mol. The van der Waals surface area contributed by atoms with E-state index in [2.05, 4.69) is 5.32 Å². The number of carbonyl (C=O) groups is 2. The molecular formula is C18H19NO3. The minimum absolute atomic E-state index is 0.00806. The number of hydrogen-bond donors (Lipinski definition) is 2. The van der Waals surface area contributed by atoms with Crippen LogP contribution >= 0.6 is 0 Å². The van der Waals surface area contributed by atoms with E-state index in [0.717, 1.165) is 29.2 Å². The van der Waals surface area contributed by atoms with Crippen LogP contribution in [0.15, 0.2) is 42.5 Å². The van der Waals surface area contributed by atoms with Crippen molar-refractivity contribution in [2.24, 2.45) is 5.92 Å². The van der Waals surface area contributed by atoms with Gasteiger partial charge in [-0.1, -0.05) is 42.5 Å². The second kappa shape index (κ2) is 6.18. The first-order valence-electron chi connectivity index (χ1n) is 7.60. The van der Waals surface area contributed by atoms with Gasteiger partial charge in [-0.15, -0.1) is 0 Å². The van der Waals surface area contributed by atoms with Crippen molar-refractivity contribution in [1.29, 1.82) is 0 Å². The first-order valence-corrected chi connectivity index (χ1v) is 7.60. The number of amides is 1. The molecule has 114 valence electrons. The van der Waals surface area contributed by atoms with Crippen molar-refractivity contribution in [3.63, 3.8) is 0 Å². The Morgan fingerprint density at radius 1 is 1.14 bits per heavy atom. The van der Waals surface area contributed by atoms with Gasteiger partial charge in [0.25, 0.3) is 0 Å². The lowest BCUT2D eigenvalue weighted by Gasteiger charge is -2.16. The maximum atomic E-state index is 12.2. The van der Waals surface area contributed by atoms with E-state index < -0.39 is 5.97 Å². The third kappa shape index (κ3) is 3.64. The summed E-state index contributed by atoms with van der Waals surface area (Å²) in [5, 5.41) is 14.1. The van der Waals surface area contributed by atoms with Crippen LogP contribution < -0.4 is 5.32 Å². The number of carboxylic acid groups (broad SMARTS) is 1. The average molecular weight is 297 g/mol. The molecule has 1 fully saturated rings. The number of carboxylic acids is 1. The summed E-state index contributed by atoms with van der Waals surface area (Å²) < 4.78 is 0. The Hall–Kier alpha value is -2.36. The van der Waals surface area contributed by atoms with E-state index in [4.69, 9.17) is 5.11 Å². The van der Waals surface area contributed by atoms with Gasteiger partial charge in [-0.25, -0.2) is 0 Å². The van der Waals surface area contributed by atoms with Gasteiger partial charge in [0.15, 0.2) is 0 Å². The van der Waals surface area contributed by atoms with E-state index in [9.17, 15) is 9.59 Å². The lowest BCUT2D eigenvalue weighted by atomic mass is 10.0. The molecule has 4 nitrogen and oxygen atoms in total. The molecule has 1 amide bonds. The second-order valence-corrected chi connectivity index (χ2v) is 5.97. The number of rotatable bonds is 6. The van der Waals surface area contributed by atoms with Crippen LogP contribution in [0.4, 0.5) is 0 Å². The first kappa shape index (κ1) is 14.6. The summed E-state index contributed by atoms with van der Waals surface area (Å²) in [6.07, 6.45) is 2.31. The van der Waals surface area contributed by atoms with Crippen LogP contribution in [0.25, 0.3) is 10.8 Å². The molecule has 0 heterocycles. The Labute approximate surface area is 129 Å². The molecule has 0 aliphatic heterocycles. The van der Waals surface area contributed by atoms with Crippen LogP contribution in [0.2, 0.25) is 0 Å². The molecule has 0 saturated heterocycles. The molecule has 0 spiro atoms. The Bertz CT molecular complexity index is 706. The topological polar surface area (TPSA) is 66.4 Å². The van der Waals surface area contributed by atoms with Gasteiger partial charge >= 0.3 is 5.97 Å². The maximum absolute atomic E-state index is 12.2. The summed E-state index contributed by atoms with van der Waals surface area (Å²) in [7, 11) is 0. The molecule has 2 aromatic carbocycles. The molecular weight excluding hydrogens is 278 g/mol. The minimum atomic E-state index is -0.858. The van der Waals surface area contributed by atoms with Crippen molar-refractivity contribution < 1.29 is 14.7 Å². The van der Waals surface area contributed by atoms with Crippen molar-refractivity contribution in [2.45, 2.75) is 31.7 Å². The van der Waals surface area contributed by atoms with Crippen molar-refractivity contribution in [3.05, 3.63) is 48.0 Å². The SMILES string of the molecule is O=C(O)C[C@@H](NC(=O)Cc1ccc2ccccc2c1)C1CC1. The maximum Gasteiger partial charge on any atom is 0.305 e. The van der Waals surface area contributed by atoms with Crippen LogP contribution in [-0.2, 0) is 16.0 Å². The molecule has 1 saturated carbocycles. The van der Waals surface area contributed by atoms with Crippen LogP contribution in [0.5, 0.6) is 0 Å². The van der Waals surface area contributed by atoms with Crippen LogP contribution in [-0.4, -0.2) is 23.0 Å². The Balaban J connectivity index is 1.65.